The molecule has 0 aromatic carbocycles. The highest BCUT2D eigenvalue weighted by Crippen LogP contribution is 2.22. The van der Waals surface area contributed by atoms with Crippen LogP contribution in [0.2, 0.25) is 0 Å². The van der Waals surface area contributed by atoms with Crippen molar-refractivity contribution in [1.29, 1.82) is 0 Å². The van der Waals surface area contributed by atoms with Gasteiger partial charge in [-0.15, -0.1) is 0 Å². The molecule has 0 atom stereocenters. The van der Waals surface area contributed by atoms with Crippen LogP contribution in [0.4, 0.5) is 0 Å². The second-order valence-electron chi connectivity index (χ2n) is 2.73. The van der Waals surface area contributed by atoms with E-state index in [1.165, 1.54) is 0 Å². The minimum Gasteiger partial charge on any atom is -0.229 e. The Morgan fingerprint density at radius 3 is 2.33 bits per heavy atom. The molecule has 1 heterocycles. The Hall–Kier alpha value is -0.0500. The second kappa shape index (κ2) is 2.29. The Kier molecular flexibility index (Phi) is 1.80. The van der Waals surface area contributed by atoms with E-state index in [4.69, 9.17) is 0 Å². The first-order valence-corrected chi connectivity index (χ1v) is 5.16. The maximum Gasteiger partial charge on any atom is 0.150 e. The standard InChI is InChI=1S/C6H12O2S/c1-2-3-6-4-9(7,8)5-6/h6H,2-5H2,1H3. The van der Waals surface area contributed by atoms with Crippen molar-refractivity contribution in [2.75, 3.05) is 11.5 Å². The van der Waals surface area contributed by atoms with Crippen molar-refractivity contribution in [3.8, 4) is 0 Å². The molecule has 0 bridgehead atoms. The third-order valence-electron chi connectivity index (χ3n) is 1.68. The van der Waals surface area contributed by atoms with Crippen molar-refractivity contribution in [3.05, 3.63) is 0 Å². The van der Waals surface area contributed by atoms with Crippen molar-refractivity contribution in [1.82, 2.24) is 0 Å². The van der Waals surface area contributed by atoms with Crippen molar-refractivity contribution in [3.63, 3.8) is 0 Å². The van der Waals surface area contributed by atoms with Crippen molar-refractivity contribution < 1.29 is 8.42 Å². The van der Waals surface area contributed by atoms with Gasteiger partial charge in [0.1, 0.15) is 0 Å². The molecule has 0 radical (unpaired) electrons. The molecule has 0 unspecified atom stereocenters. The van der Waals surface area contributed by atoms with Crippen molar-refractivity contribution >= 4 is 9.84 Å². The molecule has 2 nitrogen and oxygen atoms in total. The summed E-state index contributed by atoms with van der Waals surface area (Å²) in [4.78, 5) is 0. The van der Waals surface area contributed by atoms with Gasteiger partial charge in [0, 0.05) is 0 Å². The van der Waals surface area contributed by atoms with Crippen LogP contribution in [-0.4, -0.2) is 19.9 Å². The Bertz CT molecular complexity index is 169. The summed E-state index contributed by atoms with van der Waals surface area (Å²) >= 11 is 0. The zero-order valence-corrected chi connectivity index (χ0v) is 6.45. The van der Waals surface area contributed by atoms with Gasteiger partial charge < -0.3 is 0 Å². The number of hydrogen-bond acceptors (Lipinski definition) is 2. The third kappa shape index (κ3) is 1.68. The number of rotatable bonds is 2. The molecule has 0 saturated carbocycles. The van der Waals surface area contributed by atoms with Crippen LogP contribution >= 0.6 is 0 Å². The lowest BCUT2D eigenvalue weighted by molar-refractivity contribution is 0.494. The van der Waals surface area contributed by atoms with Gasteiger partial charge in [-0.2, -0.15) is 0 Å². The molecule has 1 fully saturated rings. The molecule has 0 N–H and O–H groups in total. The summed E-state index contributed by atoms with van der Waals surface area (Å²) in [6.07, 6.45) is 2.19. The maximum absolute atomic E-state index is 10.6. The summed E-state index contributed by atoms with van der Waals surface area (Å²) < 4.78 is 21.1. The van der Waals surface area contributed by atoms with Gasteiger partial charge in [-0.25, -0.2) is 8.42 Å². The monoisotopic (exact) mass is 148 g/mol. The fourth-order valence-corrected chi connectivity index (χ4v) is 2.92. The Morgan fingerprint density at radius 1 is 1.44 bits per heavy atom. The van der Waals surface area contributed by atoms with E-state index in [0.29, 0.717) is 17.4 Å². The first kappa shape index (κ1) is 7.06. The minimum atomic E-state index is -2.55. The first-order valence-electron chi connectivity index (χ1n) is 3.34. The predicted molar refractivity (Wildman–Crippen MR) is 37.1 cm³/mol. The van der Waals surface area contributed by atoms with E-state index in [-0.39, 0.29) is 0 Å². The van der Waals surface area contributed by atoms with E-state index in [1.807, 2.05) is 0 Å². The van der Waals surface area contributed by atoms with Gasteiger partial charge in [-0.3, -0.25) is 0 Å². The summed E-state index contributed by atoms with van der Waals surface area (Å²) in [5, 5.41) is 0. The lowest BCUT2D eigenvalue weighted by Crippen LogP contribution is -2.35. The Labute approximate surface area is 56.2 Å². The highest BCUT2D eigenvalue weighted by Gasteiger charge is 2.31. The lowest BCUT2D eigenvalue weighted by Gasteiger charge is -2.24. The van der Waals surface area contributed by atoms with Gasteiger partial charge in [-0.05, 0) is 12.3 Å². The van der Waals surface area contributed by atoms with Gasteiger partial charge in [0.15, 0.2) is 9.84 Å². The van der Waals surface area contributed by atoms with Crippen LogP contribution in [0.5, 0.6) is 0 Å². The fourth-order valence-electron chi connectivity index (χ4n) is 1.24. The molecule has 0 amide bonds. The maximum atomic E-state index is 10.6. The summed E-state index contributed by atoms with van der Waals surface area (Å²) in [5.74, 6) is 1.38. The average Bonchev–Trinajstić information content (AvgIpc) is 1.62. The summed E-state index contributed by atoms with van der Waals surface area (Å²) in [6, 6.07) is 0. The van der Waals surface area contributed by atoms with E-state index >= 15 is 0 Å². The molecule has 0 aliphatic carbocycles. The molecule has 9 heavy (non-hydrogen) atoms. The number of sulfone groups is 1. The van der Waals surface area contributed by atoms with Crippen LogP contribution in [0.15, 0.2) is 0 Å². The average molecular weight is 148 g/mol. The fraction of sp³-hybridized carbons (Fsp3) is 1.00. The smallest absolute Gasteiger partial charge is 0.150 e. The van der Waals surface area contributed by atoms with Gasteiger partial charge >= 0.3 is 0 Å². The van der Waals surface area contributed by atoms with Gasteiger partial charge in [0.05, 0.1) is 11.5 Å². The molecule has 1 saturated heterocycles. The topological polar surface area (TPSA) is 34.1 Å². The van der Waals surface area contributed by atoms with Gasteiger partial charge in [0.25, 0.3) is 0 Å². The second-order valence-corrected chi connectivity index (χ2v) is 4.89. The molecular formula is C6H12O2S. The third-order valence-corrected chi connectivity index (χ3v) is 3.63. The predicted octanol–water partition coefficient (Wildman–Crippen LogP) is 0.831. The SMILES string of the molecule is CCCC1CS(=O)(=O)C1. The van der Waals surface area contributed by atoms with Crippen LogP contribution in [0.3, 0.4) is 0 Å². The number of hydrogen-bond donors (Lipinski definition) is 0. The zero-order valence-electron chi connectivity index (χ0n) is 5.63. The molecule has 1 aliphatic rings. The molecule has 1 rings (SSSR count). The molecule has 1 aliphatic heterocycles. The Balaban J connectivity index is 2.28. The quantitative estimate of drug-likeness (QED) is 0.581. The van der Waals surface area contributed by atoms with E-state index in [1.54, 1.807) is 0 Å². The highest BCUT2D eigenvalue weighted by atomic mass is 32.2. The molecule has 0 aromatic heterocycles. The summed E-state index contributed by atoms with van der Waals surface area (Å²) in [5.41, 5.74) is 0. The van der Waals surface area contributed by atoms with Crippen LogP contribution < -0.4 is 0 Å². The molecule has 0 spiro atoms. The van der Waals surface area contributed by atoms with Crippen LogP contribution in [0, 0.1) is 5.92 Å². The van der Waals surface area contributed by atoms with Crippen LogP contribution in [0.1, 0.15) is 19.8 Å². The molecular weight excluding hydrogens is 136 g/mol. The lowest BCUT2D eigenvalue weighted by atomic mass is 10.1. The molecule has 0 aromatic rings. The Morgan fingerprint density at radius 2 is 2.00 bits per heavy atom. The van der Waals surface area contributed by atoms with E-state index in [0.717, 1.165) is 12.8 Å². The zero-order chi connectivity index (χ0) is 6.91. The van der Waals surface area contributed by atoms with E-state index < -0.39 is 9.84 Å². The first-order chi connectivity index (χ1) is 4.14. The van der Waals surface area contributed by atoms with E-state index in [9.17, 15) is 8.42 Å². The molecule has 3 heteroatoms. The van der Waals surface area contributed by atoms with Gasteiger partial charge in [-0.1, -0.05) is 13.3 Å². The largest absolute Gasteiger partial charge is 0.229 e. The molecule has 54 valence electrons. The van der Waals surface area contributed by atoms with Crippen LogP contribution in [0.25, 0.3) is 0 Å². The highest BCUT2D eigenvalue weighted by molar-refractivity contribution is 7.92. The van der Waals surface area contributed by atoms with Gasteiger partial charge in [0.2, 0.25) is 0 Å². The summed E-state index contributed by atoms with van der Waals surface area (Å²) in [7, 11) is -2.55. The normalized spacial score (nSPS) is 25.4. The van der Waals surface area contributed by atoms with E-state index in [2.05, 4.69) is 6.92 Å². The minimum absolute atomic E-state index is 0.445. The van der Waals surface area contributed by atoms with Crippen molar-refractivity contribution in [2.24, 2.45) is 5.92 Å². The summed E-state index contributed by atoms with van der Waals surface area (Å²) in [6.45, 7) is 2.09. The van der Waals surface area contributed by atoms with Crippen molar-refractivity contribution in [2.45, 2.75) is 19.8 Å². The van der Waals surface area contributed by atoms with Crippen LogP contribution in [-0.2, 0) is 9.84 Å².